The highest BCUT2D eigenvalue weighted by Crippen LogP contribution is 2.15. The molecule has 6 heteroatoms. The van der Waals surface area contributed by atoms with Gasteiger partial charge in [0.15, 0.2) is 0 Å². The van der Waals surface area contributed by atoms with Gasteiger partial charge >= 0.3 is 8.56 Å². The van der Waals surface area contributed by atoms with E-state index in [0.717, 1.165) is 52.0 Å². The largest absolute Gasteiger partial charge is 0.395 e. The minimum Gasteiger partial charge on any atom is -0.395 e. The molecule has 0 aromatic rings. The van der Waals surface area contributed by atoms with Gasteiger partial charge in [0.2, 0.25) is 0 Å². The molecule has 0 fully saturated rings. The summed E-state index contributed by atoms with van der Waals surface area (Å²) in [5, 5.41) is 0. The minimum absolute atomic E-state index is 0.757. The van der Waals surface area contributed by atoms with Gasteiger partial charge in [-0.25, -0.2) is 0 Å². The quantitative estimate of drug-likeness (QED) is 0.305. The molecule has 0 bridgehead atoms. The maximum Gasteiger partial charge on any atom is 0.336 e. The second-order valence-corrected chi connectivity index (χ2v) is 10.7. The Bertz CT molecular complexity index is 303. The molecule has 164 valence electrons. The molecule has 0 rings (SSSR count). The van der Waals surface area contributed by atoms with E-state index in [9.17, 15) is 0 Å². The number of nitrogens with zero attached hydrogens (tertiary/aromatic N) is 3. The molecule has 0 aliphatic carbocycles. The predicted molar refractivity (Wildman–Crippen MR) is 121 cm³/mol. The first-order valence-corrected chi connectivity index (χ1v) is 14.0. The zero-order valence-corrected chi connectivity index (χ0v) is 20.6. The third kappa shape index (κ3) is 13.0. The summed E-state index contributed by atoms with van der Waals surface area (Å²) in [7, 11) is -2.02. The van der Waals surface area contributed by atoms with E-state index in [-0.39, 0.29) is 0 Å². The first-order chi connectivity index (χ1) is 13.0. The lowest BCUT2D eigenvalue weighted by atomic mass is 10.3. The molecular weight excluding hydrogens is 354 g/mol. The van der Waals surface area contributed by atoms with Crippen molar-refractivity contribution in [2.75, 3.05) is 72.1 Å². The molecule has 0 aromatic heterocycles. The lowest BCUT2D eigenvalue weighted by Gasteiger charge is -2.30. The van der Waals surface area contributed by atoms with Crippen LogP contribution >= 0.6 is 0 Å². The molecule has 0 atom stereocenters. The van der Waals surface area contributed by atoms with Crippen LogP contribution in [0, 0.1) is 0 Å². The van der Waals surface area contributed by atoms with Crippen molar-refractivity contribution in [1.29, 1.82) is 0 Å². The van der Waals surface area contributed by atoms with Crippen molar-refractivity contribution < 1.29 is 8.85 Å². The summed E-state index contributed by atoms with van der Waals surface area (Å²) in [6, 6.07) is 1.06. The Morgan fingerprint density at radius 2 is 0.926 bits per heavy atom. The van der Waals surface area contributed by atoms with Gasteiger partial charge in [-0.2, -0.15) is 0 Å². The summed E-state index contributed by atoms with van der Waals surface area (Å²) in [5.74, 6) is 0. The normalized spacial score (nSPS) is 12.7. The van der Waals surface area contributed by atoms with Crippen LogP contribution in [0.2, 0.25) is 12.6 Å². The molecule has 0 radical (unpaired) electrons. The van der Waals surface area contributed by atoms with Gasteiger partial charge in [0, 0.05) is 25.8 Å². The predicted octanol–water partition coefficient (Wildman–Crippen LogP) is 3.90. The van der Waals surface area contributed by atoms with Crippen molar-refractivity contribution in [3.63, 3.8) is 0 Å². The summed E-state index contributed by atoms with van der Waals surface area (Å²) < 4.78 is 12.1. The zero-order valence-electron chi connectivity index (χ0n) is 19.6. The monoisotopic (exact) mass is 403 g/mol. The van der Waals surface area contributed by atoms with Gasteiger partial charge in [0.05, 0.1) is 0 Å². The molecule has 0 spiro atoms. The highest BCUT2D eigenvalue weighted by atomic mass is 28.4. The maximum atomic E-state index is 6.05. The van der Waals surface area contributed by atoms with Gasteiger partial charge in [-0.15, -0.1) is 0 Å². The maximum absolute atomic E-state index is 6.05. The number of rotatable bonds is 19. The van der Waals surface area contributed by atoms with Crippen LogP contribution in [0.4, 0.5) is 0 Å². The Kier molecular flexibility index (Phi) is 16.9. The second kappa shape index (κ2) is 16.9. The molecule has 0 aromatic carbocycles. The van der Waals surface area contributed by atoms with E-state index in [0.29, 0.717) is 0 Å². The third-order valence-electron chi connectivity index (χ3n) is 5.47. The summed E-state index contributed by atoms with van der Waals surface area (Å²) in [6.07, 6.45) is 2.49. The topological polar surface area (TPSA) is 28.2 Å². The van der Waals surface area contributed by atoms with E-state index in [1.807, 2.05) is 0 Å². The van der Waals surface area contributed by atoms with Crippen LogP contribution in [0.3, 0.4) is 0 Å². The molecule has 0 aliphatic heterocycles. The van der Waals surface area contributed by atoms with E-state index < -0.39 is 8.56 Å². The first kappa shape index (κ1) is 27.0. The average Bonchev–Trinajstić information content (AvgIpc) is 2.66. The van der Waals surface area contributed by atoms with E-state index >= 15 is 0 Å². The van der Waals surface area contributed by atoms with E-state index in [2.05, 4.69) is 62.8 Å². The molecular formula is C21H49N3O2Si. The van der Waals surface area contributed by atoms with Crippen LogP contribution in [0.25, 0.3) is 0 Å². The van der Waals surface area contributed by atoms with Crippen LogP contribution < -0.4 is 0 Å². The Labute approximate surface area is 171 Å². The summed E-state index contributed by atoms with van der Waals surface area (Å²) in [5.41, 5.74) is 0. The molecule has 0 N–H and O–H groups in total. The smallest absolute Gasteiger partial charge is 0.336 e. The summed E-state index contributed by atoms with van der Waals surface area (Å²) in [4.78, 5) is 7.69. The van der Waals surface area contributed by atoms with Crippen molar-refractivity contribution in [3.05, 3.63) is 0 Å². The van der Waals surface area contributed by atoms with Crippen molar-refractivity contribution in [2.24, 2.45) is 0 Å². The van der Waals surface area contributed by atoms with Crippen molar-refractivity contribution in [1.82, 2.24) is 14.7 Å². The zero-order chi connectivity index (χ0) is 20.5. The Balaban J connectivity index is 4.59. The average molecular weight is 404 g/mol. The van der Waals surface area contributed by atoms with Crippen LogP contribution in [-0.2, 0) is 8.85 Å². The lowest BCUT2D eigenvalue weighted by Crippen LogP contribution is -2.43. The standard InChI is InChI=1S/C21H49N3O2Si/c1-8-22(9-2)16-14-18-24(19-15-17-23(10-3)11-4)20-21-27(7,25-12-5)26-13-6/h8-21H2,1-7H3. The van der Waals surface area contributed by atoms with Gasteiger partial charge < -0.3 is 23.6 Å². The first-order valence-electron chi connectivity index (χ1n) is 11.4. The molecule has 0 unspecified atom stereocenters. The van der Waals surface area contributed by atoms with Crippen LogP contribution in [0.15, 0.2) is 0 Å². The fraction of sp³-hybridized carbons (Fsp3) is 1.00. The van der Waals surface area contributed by atoms with Crippen molar-refractivity contribution in [2.45, 2.75) is 67.0 Å². The highest BCUT2D eigenvalue weighted by molar-refractivity contribution is 6.66. The minimum atomic E-state index is -2.02. The van der Waals surface area contributed by atoms with Gasteiger partial charge in [-0.3, -0.25) is 0 Å². The summed E-state index contributed by atoms with van der Waals surface area (Å²) >= 11 is 0. The number of hydrogen-bond donors (Lipinski definition) is 0. The Morgan fingerprint density at radius 3 is 1.26 bits per heavy atom. The molecule has 0 heterocycles. The van der Waals surface area contributed by atoms with E-state index in [1.165, 1.54) is 39.0 Å². The fourth-order valence-electron chi connectivity index (χ4n) is 3.61. The molecule has 0 aliphatic rings. The van der Waals surface area contributed by atoms with Gasteiger partial charge in [0.25, 0.3) is 0 Å². The molecule has 0 amide bonds. The van der Waals surface area contributed by atoms with Crippen LogP contribution in [0.5, 0.6) is 0 Å². The molecule has 0 saturated carbocycles. The fourth-order valence-corrected chi connectivity index (χ4v) is 5.92. The van der Waals surface area contributed by atoms with Crippen molar-refractivity contribution >= 4 is 8.56 Å². The second-order valence-electron chi connectivity index (χ2n) is 7.35. The van der Waals surface area contributed by atoms with Crippen LogP contribution in [-0.4, -0.2) is 95.4 Å². The van der Waals surface area contributed by atoms with E-state index in [4.69, 9.17) is 8.85 Å². The molecule has 0 saturated heterocycles. The third-order valence-corrected chi connectivity index (χ3v) is 8.40. The number of hydrogen-bond acceptors (Lipinski definition) is 5. The van der Waals surface area contributed by atoms with Crippen molar-refractivity contribution in [3.8, 4) is 0 Å². The van der Waals surface area contributed by atoms with Crippen LogP contribution in [0.1, 0.15) is 54.4 Å². The van der Waals surface area contributed by atoms with Gasteiger partial charge in [-0.05, 0) is 85.6 Å². The van der Waals surface area contributed by atoms with Gasteiger partial charge in [0.1, 0.15) is 0 Å². The lowest BCUT2D eigenvalue weighted by molar-refractivity contribution is 0.177. The Morgan fingerprint density at radius 1 is 0.556 bits per heavy atom. The van der Waals surface area contributed by atoms with E-state index in [1.54, 1.807) is 0 Å². The SMILES string of the molecule is CCO[Si](C)(CCN(CCCN(CC)CC)CCCN(CC)CC)OCC. The van der Waals surface area contributed by atoms with Gasteiger partial charge in [-0.1, -0.05) is 27.7 Å². The molecule has 27 heavy (non-hydrogen) atoms. The highest BCUT2D eigenvalue weighted by Gasteiger charge is 2.31. The molecule has 5 nitrogen and oxygen atoms in total. The Hall–Kier alpha value is 0.0169. The summed E-state index contributed by atoms with van der Waals surface area (Å²) in [6.45, 7) is 27.4.